The first-order valence-electron chi connectivity index (χ1n) is 6.66. The molecule has 1 amide bonds. The molecule has 1 unspecified atom stereocenters. The number of rotatable bonds is 3. The highest BCUT2D eigenvalue weighted by molar-refractivity contribution is 5.81. The number of benzene rings is 1. The SMILES string of the molecule is C[C@H](N)C(=O)NC(c1cccc(C(F)(F)F)c1)C(C)(C)C. The number of amides is 1. The topological polar surface area (TPSA) is 55.1 Å². The van der Waals surface area contributed by atoms with Crippen LogP contribution in [-0.2, 0) is 11.0 Å². The van der Waals surface area contributed by atoms with Gasteiger partial charge in [0.1, 0.15) is 0 Å². The van der Waals surface area contributed by atoms with Gasteiger partial charge in [-0.1, -0.05) is 32.9 Å². The summed E-state index contributed by atoms with van der Waals surface area (Å²) in [4.78, 5) is 11.8. The van der Waals surface area contributed by atoms with Gasteiger partial charge in [0.2, 0.25) is 5.91 Å². The molecule has 0 aromatic heterocycles. The molecule has 0 spiro atoms. The molecule has 118 valence electrons. The smallest absolute Gasteiger partial charge is 0.347 e. The molecule has 1 aromatic carbocycles. The van der Waals surface area contributed by atoms with Crippen molar-refractivity contribution in [1.82, 2.24) is 5.32 Å². The molecule has 6 heteroatoms. The standard InChI is InChI=1S/C15H21F3N2O/c1-9(19)13(21)20-12(14(2,3)4)10-6-5-7-11(8-10)15(16,17)18/h5-9,12H,19H2,1-4H3,(H,20,21)/t9-,12?/m0/s1. The van der Waals surface area contributed by atoms with Gasteiger partial charge >= 0.3 is 6.18 Å². The van der Waals surface area contributed by atoms with E-state index in [1.165, 1.54) is 13.0 Å². The summed E-state index contributed by atoms with van der Waals surface area (Å²) in [6.07, 6.45) is -4.41. The number of carbonyl (C=O) groups is 1. The van der Waals surface area contributed by atoms with Crippen molar-refractivity contribution in [3.05, 3.63) is 35.4 Å². The summed E-state index contributed by atoms with van der Waals surface area (Å²) in [6, 6.07) is 3.72. The van der Waals surface area contributed by atoms with E-state index in [0.717, 1.165) is 12.1 Å². The molecule has 0 aliphatic rings. The van der Waals surface area contributed by atoms with Gasteiger partial charge in [0.15, 0.2) is 0 Å². The van der Waals surface area contributed by atoms with Gasteiger partial charge in [-0.05, 0) is 30.0 Å². The van der Waals surface area contributed by atoms with Crippen LogP contribution in [0.15, 0.2) is 24.3 Å². The fraction of sp³-hybridized carbons (Fsp3) is 0.533. The normalized spacial score (nSPS) is 15.4. The van der Waals surface area contributed by atoms with Crippen molar-refractivity contribution in [3.63, 3.8) is 0 Å². The zero-order chi connectivity index (χ0) is 16.4. The van der Waals surface area contributed by atoms with Gasteiger partial charge in [-0.2, -0.15) is 13.2 Å². The second-order valence-electron chi connectivity index (χ2n) is 6.22. The molecule has 0 aliphatic carbocycles. The van der Waals surface area contributed by atoms with Crippen LogP contribution in [-0.4, -0.2) is 11.9 Å². The maximum atomic E-state index is 12.8. The molecule has 0 saturated heterocycles. The Bertz CT molecular complexity index is 504. The first kappa shape index (κ1) is 17.5. The van der Waals surface area contributed by atoms with Crippen molar-refractivity contribution < 1.29 is 18.0 Å². The number of nitrogens with two attached hydrogens (primary N) is 1. The van der Waals surface area contributed by atoms with Gasteiger partial charge in [-0.3, -0.25) is 4.79 Å². The van der Waals surface area contributed by atoms with E-state index in [4.69, 9.17) is 5.73 Å². The number of carbonyl (C=O) groups excluding carboxylic acids is 1. The maximum Gasteiger partial charge on any atom is 0.416 e. The Morgan fingerprint density at radius 3 is 2.24 bits per heavy atom. The first-order chi connectivity index (χ1) is 9.43. The van der Waals surface area contributed by atoms with Gasteiger partial charge in [-0.15, -0.1) is 0 Å². The molecule has 0 aliphatic heterocycles. The summed E-state index contributed by atoms with van der Waals surface area (Å²) in [5.41, 5.74) is 4.74. The van der Waals surface area contributed by atoms with Crippen LogP contribution in [0.3, 0.4) is 0 Å². The average Bonchev–Trinajstić information content (AvgIpc) is 2.33. The monoisotopic (exact) mass is 302 g/mol. The van der Waals surface area contributed by atoms with Crippen LogP contribution in [0, 0.1) is 5.41 Å². The molecule has 21 heavy (non-hydrogen) atoms. The van der Waals surface area contributed by atoms with Crippen molar-refractivity contribution in [2.75, 3.05) is 0 Å². The Kier molecular flexibility index (Phi) is 5.04. The van der Waals surface area contributed by atoms with Gasteiger partial charge in [-0.25, -0.2) is 0 Å². The summed E-state index contributed by atoms with van der Waals surface area (Å²) >= 11 is 0. The number of nitrogens with one attached hydrogen (secondary N) is 1. The zero-order valence-electron chi connectivity index (χ0n) is 12.6. The van der Waals surface area contributed by atoms with Gasteiger partial charge < -0.3 is 11.1 Å². The van der Waals surface area contributed by atoms with E-state index in [1.54, 1.807) is 6.07 Å². The van der Waals surface area contributed by atoms with E-state index >= 15 is 0 Å². The maximum absolute atomic E-state index is 12.8. The number of hydrogen-bond donors (Lipinski definition) is 2. The van der Waals surface area contributed by atoms with Gasteiger partial charge in [0, 0.05) is 0 Å². The molecular formula is C15H21F3N2O. The summed E-state index contributed by atoms with van der Waals surface area (Å²) in [5, 5.41) is 2.72. The predicted molar refractivity (Wildman–Crippen MR) is 75.4 cm³/mol. The highest BCUT2D eigenvalue weighted by Gasteiger charge is 2.33. The minimum Gasteiger partial charge on any atom is -0.347 e. The molecule has 2 atom stereocenters. The predicted octanol–water partition coefficient (Wildman–Crippen LogP) is 3.26. The van der Waals surface area contributed by atoms with Crippen molar-refractivity contribution in [2.45, 2.75) is 46.0 Å². The third-order valence-corrected chi connectivity index (χ3v) is 3.11. The second-order valence-corrected chi connectivity index (χ2v) is 6.22. The Labute approximate surface area is 122 Å². The molecule has 1 aromatic rings. The quantitative estimate of drug-likeness (QED) is 0.900. The molecule has 0 bridgehead atoms. The summed E-state index contributed by atoms with van der Waals surface area (Å²) in [7, 11) is 0. The number of hydrogen-bond acceptors (Lipinski definition) is 2. The lowest BCUT2D eigenvalue weighted by Gasteiger charge is -2.33. The fourth-order valence-electron chi connectivity index (χ4n) is 1.97. The Morgan fingerprint density at radius 1 is 1.24 bits per heavy atom. The van der Waals surface area contributed by atoms with E-state index in [-0.39, 0.29) is 0 Å². The molecule has 0 heterocycles. The minimum absolute atomic E-state index is 0.396. The third-order valence-electron chi connectivity index (χ3n) is 3.11. The van der Waals surface area contributed by atoms with Gasteiger partial charge in [0.25, 0.3) is 0 Å². The van der Waals surface area contributed by atoms with E-state index in [1.807, 2.05) is 20.8 Å². The second kappa shape index (κ2) is 6.05. The number of halogens is 3. The van der Waals surface area contributed by atoms with E-state index < -0.39 is 35.1 Å². The first-order valence-corrected chi connectivity index (χ1v) is 6.66. The molecule has 0 radical (unpaired) electrons. The lowest BCUT2D eigenvalue weighted by atomic mass is 9.81. The van der Waals surface area contributed by atoms with E-state index in [9.17, 15) is 18.0 Å². The molecule has 0 fully saturated rings. The van der Waals surface area contributed by atoms with Crippen LogP contribution in [0.1, 0.15) is 44.9 Å². The Morgan fingerprint density at radius 2 is 1.81 bits per heavy atom. The number of alkyl halides is 3. The fourth-order valence-corrected chi connectivity index (χ4v) is 1.97. The summed E-state index contributed by atoms with van der Waals surface area (Å²) in [6.45, 7) is 7.07. The molecule has 3 N–H and O–H groups in total. The Hall–Kier alpha value is -1.56. The summed E-state index contributed by atoms with van der Waals surface area (Å²) in [5.74, 6) is -0.396. The van der Waals surface area contributed by atoms with Crippen molar-refractivity contribution in [1.29, 1.82) is 0 Å². The molecule has 3 nitrogen and oxygen atoms in total. The molecule has 0 saturated carbocycles. The molecular weight excluding hydrogens is 281 g/mol. The van der Waals surface area contributed by atoms with Crippen LogP contribution in [0.4, 0.5) is 13.2 Å². The van der Waals surface area contributed by atoms with Crippen LogP contribution in [0.2, 0.25) is 0 Å². The summed E-state index contributed by atoms with van der Waals surface area (Å²) < 4.78 is 38.4. The average molecular weight is 302 g/mol. The van der Waals surface area contributed by atoms with Crippen molar-refractivity contribution in [3.8, 4) is 0 Å². The van der Waals surface area contributed by atoms with Crippen molar-refractivity contribution in [2.24, 2.45) is 11.1 Å². The van der Waals surface area contributed by atoms with Crippen LogP contribution < -0.4 is 11.1 Å². The minimum atomic E-state index is -4.41. The van der Waals surface area contributed by atoms with Crippen LogP contribution >= 0.6 is 0 Å². The van der Waals surface area contributed by atoms with Crippen LogP contribution in [0.25, 0.3) is 0 Å². The lowest BCUT2D eigenvalue weighted by Crippen LogP contribution is -2.44. The third kappa shape index (κ3) is 4.74. The van der Waals surface area contributed by atoms with Crippen molar-refractivity contribution >= 4 is 5.91 Å². The zero-order valence-corrected chi connectivity index (χ0v) is 12.6. The highest BCUT2D eigenvalue weighted by atomic mass is 19.4. The lowest BCUT2D eigenvalue weighted by molar-refractivity contribution is -0.137. The van der Waals surface area contributed by atoms with Gasteiger partial charge in [0.05, 0.1) is 17.6 Å². The van der Waals surface area contributed by atoms with Crippen LogP contribution in [0.5, 0.6) is 0 Å². The molecule has 1 rings (SSSR count). The van der Waals surface area contributed by atoms with E-state index in [2.05, 4.69) is 5.32 Å². The Balaban J connectivity index is 3.19. The highest BCUT2D eigenvalue weighted by Crippen LogP contribution is 2.36. The van der Waals surface area contributed by atoms with E-state index in [0.29, 0.717) is 5.56 Å². The largest absolute Gasteiger partial charge is 0.416 e.